The lowest BCUT2D eigenvalue weighted by Crippen LogP contribution is -2.50. The minimum absolute atomic E-state index is 0.133. The van der Waals surface area contributed by atoms with Crippen LogP contribution in [0.5, 0.6) is 0 Å². The van der Waals surface area contributed by atoms with Crippen LogP contribution in [0.15, 0.2) is 17.0 Å². The van der Waals surface area contributed by atoms with E-state index >= 15 is 0 Å². The Balaban J connectivity index is 2.46. The number of carbonyl (C=O) groups excluding carboxylic acids is 1. The number of hydrogen-bond donors (Lipinski definition) is 1. The van der Waals surface area contributed by atoms with Gasteiger partial charge in [-0.05, 0) is 49.9 Å². The molecular formula is C17H25ClN2O3S. The highest BCUT2D eigenvalue weighted by molar-refractivity contribution is 7.89. The van der Waals surface area contributed by atoms with Crippen LogP contribution in [0.4, 0.5) is 0 Å². The number of rotatable bonds is 4. The number of halogens is 1. The van der Waals surface area contributed by atoms with Crippen molar-refractivity contribution >= 4 is 27.5 Å². The molecule has 0 bridgehead atoms. The van der Waals surface area contributed by atoms with Gasteiger partial charge in [-0.15, -0.1) is 0 Å². The van der Waals surface area contributed by atoms with Crippen molar-refractivity contribution < 1.29 is 13.2 Å². The molecule has 1 aliphatic heterocycles. The number of nitrogens with one attached hydrogen (secondary N) is 1. The summed E-state index contributed by atoms with van der Waals surface area (Å²) >= 11 is 6.10. The second-order valence-electron chi connectivity index (χ2n) is 6.45. The molecule has 0 aliphatic carbocycles. The van der Waals surface area contributed by atoms with Crippen LogP contribution >= 0.6 is 11.6 Å². The Bertz CT molecular complexity index is 734. The number of aryl methyl sites for hydroxylation is 2. The van der Waals surface area contributed by atoms with E-state index in [1.807, 2.05) is 0 Å². The number of nitrogens with zero attached hydrogens (tertiary/aromatic N) is 1. The Labute approximate surface area is 149 Å². The SMILES string of the molecule is CNC(=O)C(C)C1CCCCN1S(=O)(=O)c1cc(C)c(Cl)cc1C. The number of sulfonamides is 1. The molecule has 1 amide bonds. The zero-order chi connectivity index (χ0) is 18.1. The van der Waals surface area contributed by atoms with Crippen LogP contribution in [-0.2, 0) is 14.8 Å². The summed E-state index contributed by atoms with van der Waals surface area (Å²) < 4.78 is 28.0. The molecule has 134 valence electrons. The van der Waals surface area contributed by atoms with Gasteiger partial charge in [0.1, 0.15) is 0 Å². The number of piperidine rings is 1. The fraction of sp³-hybridized carbons (Fsp3) is 0.588. The fourth-order valence-corrected chi connectivity index (χ4v) is 5.57. The molecule has 1 saturated heterocycles. The summed E-state index contributed by atoms with van der Waals surface area (Å²) in [6, 6.07) is 2.99. The topological polar surface area (TPSA) is 66.5 Å². The average Bonchev–Trinajstić information content (AvgIpc) is 2.56. The summed E-state index contributed by atoms with van der Waals surface area (Å²) in [5.41, 5.74) is 1.36. The summed E-state index contributed by atoms with van der Waals surface area (Å²) in [5.74, 6) is -0.523. The molecule has 2 unspecified atom stereocenters. The lowest BCUT2D eigenvalue weighted by molar-refractivity contribution is -0.125. The summed E-state index contributed by atoms with van der Waals surface area (Å²) in [6.07, 6.45) is 2.43. The molecule has 24 heavy (non-hydrogen) atoms. The molecule has 1 aromatic carbocycles. The van der Waals surface area contributed by atoms with E-state index in [1.54, 1.807) is 40.0 Å². The first-order chi connectivity index (χ1) is 11.2. The lowest BCUT2D eigenvalue weighted by Gasteiger charge is -2.37. The Morgan fingerprint density at radius 2 is 1.96 bits per heavy atom. The van der Waals surface area contributed by atoms with Gasteiger partial charge in [0.2, 0.25) is 15.9 Å². The van der Waals surface area contributed by atoms with Crippen molar-refractivity contribution in [1.82, 2.24) is 9.62 Å². The average molecular weight is 373 g/mol. The molecule has 1 aromatic rings. The minimum atomic E-state index is -3.67. The largest absolute Gasteiger partial charge is 0.359 e. The van der Waals surface area contributed by atoms with E-state index in [4.69, 9.17) is 11.6 Å². The van der Waals surface area contributed by atoms with Gasteiger partial charge in [0.05, 0.1) is 10.8 Å². The summed E-state index contributed by atoms with van der Waals surface area (Å²) in [6.45, 7) is 5.77. The van der Waals surface area contributed by atoms with Crippen LogP contribution in [-0.4, -0.2) is 38.3 Å². The summed E-state index contributed by atoms with van der Waals surface area (Å²) in [5, 5.41) is 3.18. The van der Waals surface area contributed by atoms with E-state index in [0.29, 0.717) is 23.6 Å². The molecule has 0 saturated carbocycles. The third-order valence-corrected chi connectivity index (χ3v) is 7.25. The maximum atomic E-state index is 13.2. The maximum Gasteiger partial charge on any atom is 0.243 e. The monoisotopic (exact) mass is 372 g/mol. The Morgan fingerprint density at radius 3 is 2.58 bits per heavy atom. The highest BCUT2D eigenvalue weighted by Crippen LogP contribution is 2.32. The highest BCUT2D eigenvalue weighted by atomic mass is 35.5. The quantitative estimate of drug-likeness (QED) is 0.883. The second-order valence-corrected chi connectivity index (χ2v) is 8.71. The molecule has 0 radical (unpaired) electrons. The molecule has 0 spiro atoms. The van der Waals surface area contributed by atoms with Crippen molar-refractivity contribution in [3.8, 4) is 0 Å². The van der Waals surface area contributed by atoms with E-state index in [-0.39, 0.29) is 16.8 Å². The van der Waals surface area contributed by atoms with E-state index in [0.717, 1.165) is 18.4 Å². The van der Waals surface area contributed by atoms with Gasteiger partial charge in [-0.2, -0.15) is 4.31 Å². The second kappa shape index (κ2) is 7.42. The van der Waals surface area contributed by atoms with Gasteiger partial charge < -0.3 is 5.32 Å². The maximum absolute atomic E-state index is 13.2. The van der Waals surface area contributed by atoms with Crippen molar-refractivity contribution in [2.24, 2.45) is 5.92 Å². The Morgan fingerprint density at radius 1 is 1.29 bits per heavy atom. The molecule has 1 heterocycles. The first-order valence-corrected chi connectivity index (χ1v) is 10.0. The van der Waals surface area contributed by atoms with Crippen LogP contribution in [0, 0.1) is 19.8 Å². The van der Waals surface area contributed by atoms with E-state index < -0.39 is 15.9 Å². The van der Waals surface area contributed by atoms with E-state index in [9.17, 15) is 13.2 Å². The fourth-order valence-electron chi connectivity index (χ4n) is 3.29. The van der Waals surface area contributed by atoms with Gasteiger partial charge in [0, 0.05) is 24.7 Å². The lowest BCUT2D eigenvalue weighted by atomic mass is 9.93. The van der Waals surface area contributed by atoms with Gasteiger partial charge in [-0.3, -0.25) is 4.79 Å². The van der Waals surface area contributed by atoms with Crippen LogP contribution in [0.3, 0.4) is 0 Å². The minimum Gasteiger partial charge on any atom is -0.359 e. The van der Waals surface area contributed by atoms with Gasteiger partial charge in [-0.25, -0.2) is 8.42 Å². The van der Waals surface area contributed by atoms with Crippen LogP contribution < -0.4 is 5.32 Å². The zero-order valence-corrected chi connectivity index (χ0v) is 16.2. The molecule has 0 aromatic heterocycles. The standard InChI is InChI=1S/C17H25ClN2O3S/c1-11-10-16(12(2)9-14(11)18)24(22,23)20-8-6-5-7-15(20)13(3)17(21)19-4/h9-10,13,15H,5-8H2,1-4H3,(H,19,21). The smallest absolute Gasteiger partial charge is 0.243 e. The molecule has 2 rings (SSSR count). The third-order valence-electron chi connectivity index (χ3n) is 4.78. The van der Waals surface area contributed by atoms with Crippen molar-refractivity contribution in [1.29, 1.82) is 0 Å². The predicted molar refractivity (Wildman–Crippen MR) is 95.7 cm³/mol. The number of amides is 1. The summed E-state index contributed by atoms with van der Waals surface area (Å²) in [7, 11) is -2.10. The molecule has 2 atom stereocenters. The van der Waals surface area contributed by atoms with Gasteiger partial charge in [0.25, 0.3) is 0 Å². The number of hydrogen-bond acceptors (Lipinski definition) is 3. The number of benzene rings is 1. The van der Waals surface area contributed by atoms with Gasteiger partial charge >= 0.3 is 0 Å². The van der Waals surface area contributed by atoms with Crippen molar-refractivity contribution in [3.05, 3.63) is 28.3 Å². The molecular weight excluding hydrogens is 348 g/mol. The number of carbonyl (C=O) groups is 1. The highest BCUT2D eigenvalue weighted by Gasteiger charge is 2.39. The Hall–Kier alpha value is -1.11. The first-order valence-electron chi connectivity index (χ1n) is 8.20. The molecule has 5 nitrogen and oxygen atoms in total. The van der Waals surface area contributed by atoms with E-state index in [2.05, 4.69) is 5.32 Å². The van der Waals surface area contributed by atoms with Crippen molar-refractivity contribution in [3.63, 3.8) is 0 Å². The van der Waals surface area contributed by atoms with Crippen LogP contribution in [0.1, 0.15) is 37.3 Å². The van der Waals surface area contributed by atoms with Crippen molar-refractivity contribution in [2.75, 3.05) is 13.6 Å². The first kappa shape index (κ1) is 19.2. The van der Waals surface area contributed by atoms with Crippen LogP contribution in [0.2, 0.25) is 5.02 Å². The van der Waals surface area contributed by atoms with Crippen molar-refractivity contribution in [2.45, 2.75) is 51.0 Å². The molecule has 7 heteroatoms. The van der Waals surface area contributed by atoms with Gasteiger partial charge in [0.15, 0.2) is 0 Å². The summed E-state index contributed by atoms with van der Waals surface area (Å²) in [4.78, 5) is 12.3. The molecule has 1 fully saturated rings. The molecule has 1 aliphatic rings. The molecule has 1 N–H and O–H groups in total. The van der Waals surface area contributed by atoms with E-state index in [1.165, 1.54) is 4.31 Å². The Kier molecular flexibility index (Phi) is 5.94. The van der Waals surface area contributed by atoms with Gasteiger partial charge in [-0.1, -0.05) is 24.9 Å². The normalized spacial score (nSPS) is 20.6. The van der Waals surface area contributed by atoms with Crippen LogP contribution in [0.25, 0.3) is 0 Å². The predicted octanol–water partition coefficient (Wildman–Crippen LogP) is 2.88. The third kappa shape index (κ3) is 3.60. The zero-order valence-electron chi connectivity index (χ0n) is 14.6.